The maximum Gasteiger partial charge on any atom is 0.317 e. The first-order valence-corrected chi connectivity index (χ1v) is 6.82. The Morgan fingerprint density at radius 2 is 2.26 bits per heavy atom. The lowest BCUT2D eigenvalue weighted by Crippen LogP contribution is -2.51. The number of nitrogens with one attached hydrogen (secondary N) is 1. The lowest BCUT2D eigenvalue weighted by molar-refractivity contribution is 0.116. The topological polar surface area (TPSA) is 61.6 Å². The highest BCUT2D eigenvalue weighted by Gasteiger charge is 2.35. The van der Waals surface area contributed by atoms with E-state index in [-0.39, 0.29) is 6.03 Å². The predicted molar refractivity (Wildman–Crippen MR) is 75.0 cm³/mol. The average molecular weight is 281 g/mol. The number of nitrogens with zero attached hydrogens (tertiary/aromatic N) is 2. The monoisotopic (exact) mass is 280 g/mol. The maximum atomic E-state index is 11.5. The number of urea groups is 1. The first-order valence-electron chi connectivity index (χ1n) is 6.44. The zero-order valence-corrected chi connectivity index (χ0v) is 11.4. The number of nitrogens with two attached hydrogens (primary N) is 1. The highest BCUT2D eigenvalue weighted by atomic mass is 35.5. The number of anilines is 1. The van der Waals surface area contributed by atoms with E-state index in [1.165, 1.54) is 0 Å². The van der Waals surface area contributed by atoms with Crippen LogP contribution in [0.5, 0.6) is 0 Å². The Morgan fingerprint density at radius 1 is 1.42 bits per heavy atom. The number of piperazine rings is 1. The molecule has 0 aromatic heterocycles. The van der Waals surface area contributed by atoms with E-state index in [4.69, 9.17) is 17.3 Å². The summed E-state index contributed by atoms with van der Waals surface area (Å²) in [5, 5.41) is 3.48. The van der Waals surface area contributed by atoms with Gasteiger partial charge in [0.05, 0.1) is 16.8 Å². The van der Waals surface area contributed by atoms with Crippen molar-refractivity contribution in [2.45, 2.75) is 12.6 Å². The predicted octanol–water partition coefficient (Wildman–Crippen LogP) is 1.13. The summed E-state index contributed by atoms with van der Waals surface area (Å²) in [6, 6.07) is 6.13. The van der Waals surface area contributed by atoms with Crippen molar-refractivity contribution in [2.24, 2.45) is 0 Å². The number of carbonyl (C=O) groups excluding carboxylic acids is 1. The van der Waals surface area contributed by atoms with Gasteiger partial charge in [-0.3, -0.25) is 4.90 Å². The van der Waals surface area contributed by atoms with Crippen LogP contribution in [0.2, 0.25) is 5.02 Å². The number of amides is 2. The van der Waals surface area contributed by atoms with Crippen LogP contribution in [0.25, 0.3) is 0 Å². The second kappa shape index (κ2) is 4.90. The molecule has 3 rings (SSSR count). The van der Waals surface area contributed by atoms with Gasteiger partial charge in [0, 0.05) is 32.7 Å². The molecule has 0 spiro atoms. The third-order valence-corrected chi connectivity index (χ3v) is 4.13. The van der Waals surface area contributed by atoms with Crippen LogP contribution in [0.4, 0.5) is 10.5 Å². The van der Waals surface area contributed by atoms with E-state index in [1.807, 2.05) is 23.1 Å². The fraction of sp³-hybridized carbons (Fsp3) is 0.462. The van der Waals surface area contributed by atoms with Gasteiger partial charge in [0.25, 0.3) is 0 Å². The molecule has 1 aromatic rings. The van der Waals surface area contributed by atoms with E-state index in [9.17, 15) is 4.79 Å². The van der Waals surface area contributed by atoms with Crippen LogP contribution in [-0.2, 0) is 6.54 Å². The zero-order chi connectivity index (χ0) is 13.4. The molecular weight excluding hydrogens is 264 g/mol. The Balaban J connectivity index is 1.65. The molecule has 3 N–H and O–H groups in total. The molecule has 2 heterocycles. The number of rotatable bonds is 2. The van der Waals surface area contributed by atoms with E-state index in [2.05, 4.69) is 10.2 Å². The molecule has 2 saturated heterocycles. The molecule has 102 valence electrons. The van der Waals surface area contributed by atoms with Gasteiger partial charge in [-0.2, -0.15) is 0 Å². The fourth-order valence-corrected chi connectivity index (χ4v) is 2.88. The highest BCUT2D eigenvalue weighted by Crippen LogP contribution is 2.22. The van der Waals surface area contributed by atoms with Gasteiger partial charge in [0.15, 0.2) is 0 Å². The van der Waals surface area contributed by atoms with Crippen molar-refractivity contribution < 1.29 is 4.79 Å². The summed E-state index contributed by atoms with van der Waals surface area (Å²) in [4.78, 5) is 15.8. The van der Waals surface area contributed by atoms with Gasteiger partial charge in [-0.05, 0) is 17.7 Å². The van der Waals surface area contributed by atoms with E-state index >= 15 is 0 Å². The van der Waals surface area contributed by atoms with Crippen LogP contribution in [-0.4, -0.2) is 48.1 Å². The zero-order valence-electron chi connectivity index (χ0n) is 10.6. The second-order valence-electron chi connectivity index (χ2n) is 5.12. The van der Waals surface area contributed by atoms with Crippen molar-refractivity contribution in [1.82, 2.24) is 15.1 Å². The Labute approximate surface area is 117 Å². The molecular formula is C13H17ClN4O. The molecule has 1 unspecified atom stereocenters. The molecule has 6 heteroatoms. The smallest absolute Gasteiger partial charge is 0.317 e. The van der Waals surface area contributed by atoms with Gasteiger partial charge >= 0.3 is 6.03 Å². The minimum absolute atomic E-state index is 0.0698. The van der Waals surface area contributed by atoms with Crippen molar-refractivity contribution in [1.29, 1.82) is 0 Å². The quantitative estimate of drug-likeness (QED) is 0.799. The van der Waals surface area contributed by atoms with Crippen LogP contribution in [0.3, 0.4) is 0 Å². The molecule has 2 aliphatic rings. The molecule has 0 aliphatic carbocycles. The number of carbonyl (C=O) groups is 1. The Morgan fingerprint density at radius 3 is 3.05 bits per heavy atom. The Hall–Kier alpha value is -1.46. The Kier molecular flexibility index (Phi) is 3.24. The van der Waals surface area contributed by atoms with Crippen LogP contribution in [0.1, 0.15) is 5.56 Å². The molecule has 2 fully saturated rings. The van der Waals surface area contributed by atoms with Crippen molar-refractivity contribution in [3.63, 3.8) is 0 Å². The van der Waals surface area contributed by atoms with Crippen LogP contribution in [0, 0.1) is 0 Å². The SMILES string of the molecule is Nc1cc(CN2CCN3C(=O)NCC3C2)ccc1Cl. The van der Waals surface area contributed by atoms with E-state index in [0.717, 1.165) is 38.3 Å². The maximum absolute atomic E-state index is 11.5. The summed E-state index contributed by atoms with van der Waals surface area (Å²) in [5.41, 5.74) is 7.60. The lowest BCUT2D eigenvalue weighted by Gasteiger charge is -2.36. The van der Waals surface area contributed by atoms with E-state index < -0.39 is 0 Å². The normalized spacial score (nSPS) is 23.3. The molecule has 5 nitrogen and oxygen atoms in total. The van der Waals surface area contributed by atoms with Crippen molar-refractivity contribution in [3.05, 3.63) is 28.8 Å². The third-order valence-electron chi connectivity index (χ3n) is 3.78. The number of halogens is 1. The molecule has 2 aliphatic heterocycles. The van der Waals surface area contributed by atoms with Gasteiger partial charge in [-0.1, -0.05) is 17.7 Å². The number of nitrogen functional groups attached to an aromatic ring is 1. The van der Waals surface area contributed by atoms with Gasteiger partial charge in [-0.25, -0.2) is 4.79 Å². The molecule has 0 bridgehead atoms. The van der Waals surface area contributed by atoms with Gasteiger partial charge in [0.1, 0.15) is 0 Å². The lowest BCUT2D eigenvalue weighted by atomic mass is 10.1. The fourth-order valence-electron chi connectivity index (χ4n) is 2.76. The first kappa shape index (κ1) is 12.6. The van der Waals surface area contributed by atoms with Crippen LogP contribution >= 0.6 is 11.6 Å². The number of benzene rings is 1. The Bertz CT molecular complexity index is 507. The summed E-state index contributed by atoms with van der Waals surface area (Å²) in [5.74, 6) is 0. The van der Waals surface area contributed by atoms with E-state index in [1.54, 1.807) is 0 Å². The standard InChI is InChI=1S/C13H17ClN4O/c14-11-2-1-9(5-12(11)15)7-17-3-4-18-10(8-17)6-16-13(18)19/h1-2,5,10H,3-4,6-8,15H2,(H,16,19). The van der Waals surface area contributed by atoms with E-state index in [0.29, 0.717) is 16.8 Å². The minimum atomic E-state index is 0.0698. The van der Waals surface area contributed by atoms with Gasteiger partial charge in [-0.15, -0.1) is 0 Å². The summed E-state index contributed by atoms with van der Waals surface area (Å²) < 4.78 is 0. The average Bonchev–Trinajstić information content (AvgIpc) is 2.75. The summed E-state index contributed by atoms with van der Waals surface area (Å²) in [6.45, 7) is 4.19. The molecule has 19 heavy (non-hydrogen) atoms. The van der Waals surface area contributed by atoms with Crippen LogP contribution < -0.4 is 11.1 Å². The van der Waals surface area contributed by atoms with Crippen molar-refractivity contribution >= 4 is 23.3 Å². The minimum Gasteiger partial charge on any atom is -0.398 e. The summed E-state index contributed by atoms with van der Waals surface area (Å²) in [6.07, 6.45) is 0. The second-order valence-corrected chi connectivity index (χ2v) is 5.53. The molecule has 0 saturated carbocycles. The summed E-state index contributed by atoms with van der Waals surface area (Å²) >= 11 is 5.92. The number of hydrogen-bond donors (Lipinski definition) is 2. The largest absolute Gasteiger partial charge is 0.398 e. The van der Waals surface area contributed by atoms with Crippen LogP contribution in [0.15, 0.2) is 18.2 Å². The van der Waals surface area contributed by atoms with Gasteiger partial charge in [0.2, 0.25) is 0 Å². The first-order chi connectivity index (χ1) is 9.13. The van der Waals surface area contributed by atoms with Gasteiger partial charge < -0.3 is 16.0 Å². The molecule has 2 amide bonds. The van der Waals surface area contributed by atoms with Crippen molar-refractivity contribution in [3.8, 4) is 0 Å². The molecule has 1 aromatic carbocycles. The third kappa shape index (κ3) is 2.48. The van der Waals surface area contributed by atoms with Crippen molar-refractivity contribution in [2.75, 3.05) is 31.9 Å². The number of hydrogen-bond acceptors (Lipinski definition) is 3. The molecule has 0 radical (unpaired) electrons. The molecule has 1 atom stereocenters. The highest BCUT2D eigenvalue weighted by molar-refractivity contribution is 6.33. The number of fused-ring (bicyclic) bond motifs is 1. The summed E-state index contributed by atoms with van der Waals surface area (Å²) in [7, 11) is 0.